The van der Waals surface area contributed by atoms with Crippen molar-refractivity contribution >= 4 is 25.7 Å². The smallest absolute Gasteiger partial charge is 0.306 e. The Balaban J connectivity index is 2.25. The Labute approximate surface area is 115 Å². The molecule has 1 aromatic rings. The second kappa shape index (κ2) is 5.38. The average molecular weight is 305 g/mol. The Bertz CT molecular complexity index is 596. The summed E-state index contributed by atoms with van der Waals surface area (Å²) < 4.78 is 32.9. The standard InChI is InChI=1S/C12H13ClO5S/c1-2-17-12(14)5-8-7-18-11-4-3-9(6-10(8)11)19(13,15)16/h3-4,6,8H,2,5,7H2,1H3. The van der Waals surface area contributed by atoms with E-state index in [0.717, 1.165) is 0 Å². The Morgan fingerprint density at radius 1 is 1.53 bits per heavy atom. The lowest BCUT2D eigenvalue weighted by Gasteiger charge is -2.08. The third-order valence-electron chi connectivity index (χ3n) is 2.86. The van der Waals surface area contributed by atoms with Crippen molar-refractivity contribution in [2.24, 2.45) is 0 Å². The topological polar surface area (TPSA) is 69.7 Å². The first-order valence-electron chi connectivity index (χ1n) is 5.79. The third kappa shape index (κ3) is 3.19. The molecular weight excluding hydrogens is 292 g/mol. The largest absolute Gasteiger partial charge is 0.493 e. The van der Waals surface area contributed by atoms with Crippen LogP contribution in [0.25, 0.3) is 0 Å². The maximum Gasteiger partial charge on any atom is 0.306 e. The molecule has 1 aliphatic rings. The minimum absolute atomic E-state index is 0.00674. The number of esters is 1. The SMILES string of the molecule is CCOC(=O)CC1COc2ccc(S(=O)(=O)Cl)cc21. The first kappa shape index (κ1) is 14.1. The van der Waals surface area contributed by atoms with Gasteiger partial charge in [0.15, 0.2) is 0 Å². The van der Waals surface area contributed by atoms with Crippen LogP contribution in [0, 0.1) is 0 Å². The van der Waals surface area contributed by atoms with Crippen LogP contribution in [0.1, 0.15) is 24.8 Å². The maximum absolute atomic E-state index is 11.5. The molecule has 0 fully saturated rings. The molecule has 2 rings (SSSR count). The van der Waals surface area contributed by atoms with Gasteiger partial charge in [-0.2, -0.15) is 0 Å². The van der Waals surface area contributed by atoms with Crippen LogP contribution in [-0.4, -0.2) is 27.6 Å². The summed E-state index contributed by atoms with van der Waals surface area (Å²) in [5, 5.41) is 0. The minimum atomic E-state index is -3.79. The lowest BCUT2D eigenvalue weighted by Crippen LogP contribution is -2.11. The summed E-state index contributed by atoms with van der Waals surface area (Å²) in [7, 11) is 1.52. The maximum atomic E-state index is 11.5. The second-order valence-electron chi connectivity index (χ2n) is 4.15. The molecule has 0 bridgehead atoms. The van der Waals surface area contributed by atoms with Crippen molar-refractivity contribution < 1.29 is 22.7 Å². The van der Waals surface area contributed by atoms with Crippen molar-refractivity contribution in [2.75, 3.05) is 13.2 Å². The molecule has 1 heterocycles. The molecule has 7 heteroatoms. The Morgan fingerprint density at radius 2 is 2.26 bits per heavy atom. The fourth-order valence-electron chi connectivity index (χ4n) is 2.00. The number of benzene rings is 1. The van der Waals surface area contributed by atoms with Gasteiger partial charge in [-0.3, -0.25) is 4.79 Å². The van der Waals surface area contributed by atoms with Crippen molar-refractivity contribution in [2.45, 2.75) is 24.2 Å². The highest BCUT2D eigenvalue weighted by atomic mass is 35.7. The molecule has 0 radical (unpaired) electrons. The van der Waals surface area contributed by atoms with E-state index in [1.807, 2.05) is 0 Å². The van der Waals surface area contributed by atoms with Crippen LogP contribution in [0.2, 0.25) is 0 Å². The van der Waals surface area contributed by atoms with Crippen molar-refractivity contribution in [1.82, 2.24) is 0 Å². The summed E-state index contributed by atoms with van der Waals surface area (Å²) in [5.41, 5.74) is 0.676. The Hall–Kier alpha value is -1.27. The van der Waals surface area contributed by atoms with Crippen LogP contribution in [0.3, 0.4) is 0 Å². The number of rotatable bonds is 4. The molecule has 5 nitrogen and oxygen atoms in total. The molecule has 1 aromatic carbocycles. The lowest BCUT2D eigenvalue weighted by atomic mass is 9.98. The molecule has 19 heavy (non-hydrogen) atoms. The lowest BCUT2D eigenvalue weighted by molar-refractivity contribution is -0.143. The monoisotopic (exact) mass is 304 g/mol. The van der Waals surface area contributed by atoms with Gasteiger partial charge in [0.05, 0.1) is 24.5 Å². The highest BCUT2D eigenvalue weighted by Crippen LogP contribution is 2.37. The Kier molecular flexibility index (Phi) is 4.01. The van der Waals surface area contributed by atoms with E-state index in [1.165, 1.54) is 12.1 Å². The molecule has 0 N–H and O–H groups in total. The predicted octanol–water partition coefficient (Wildman–Crippen LogP) is 2.04. The van der Waals surface area contributed by atoms with E-state index in [0.29, 0.717) is 24.5 Å². The van der Waals surface area contributed by atoms with Crippen LogP contribution in [-0.2, 0) is 18.6 Å². The molecule has 0 aliphatic carbocycles. The van der Waals surface area contributed by atoms with Gasteiger partial charge < -0.3 is 9.47 Å². The number of carbonyl (C=O) groups excluding carboxylic acids is 1. The molecule has 0 saturated carbocycles. The van der Waals surface area contributed by atoms with Crippen LogP contribution >= 0.6 is 10.7 Å². The van der Waals surface area contributed by atoms with Crippen LogP contribution in [0.5, 0.6) is 5.75 Å². The highest BCUT2D eigenvalue weighted by molar-refractivity contribution is 8.13. The second-order valence-corrected chi connectivity index (χ2v) is 6.72. The zero-order chi connectivity index (χ0) is 14.0. The fourth-order valence-corrected chi connectivity index (χ4v) is 2.79. The van der Waals surface area contributed by atoms with E-state index in [2.05, 4.69) is 0 Å². The van der Waals surface area contributed by atoms with Crippen molar-refractivity contribution in [3.8, 4) is 5.75 Å². The quantitative estimate of drug-likeness (QED) is 0.629. The first-order valence-corrected chi connectivity index (χ1v) is 8.09. The minimum Gasteiger partial charge on any atom is -0.493 e. The molecular formula is C12H13ClO5S. The number of fused-ring (bicyclic) bond motifs is 1. The molecule has 1 atom stereocenters. The predicted molar refractivity (Wildman–Crippen MR) is 69.0 cm³/mol. The van der Waals surface area contributed by atoms with E-state index in [-0.39, 0.29) is 23.2 Å². The molecule has 1 unspecified atom stereocenters. The summed E-state index contributed by atoms with van der Waals surface area (Å²) >= 11 is 0. The zero-order valence-corrected chi connectivity index (χ0v) is 11.8. The summed E-state index contributed by atoms with van der Waals surface area (Å²) in [5.74, 6) is 0.0499. The van der Waals surface area contributed by atoms with Gasteiger partial charge in [-0.05, 0) is 25.1 Å². The van der Waals surface area contributed by atoms with Crippen molar-refractivity contribution in [3.63, 3.8) is 0 Å². The number of ether oxygens (including phenoxy) is 2. The third-order valence-corrected chi connectivity index (χ3v) is 4.21. The zero-order valence-electron chi connectivity index (χ0n) is 10.3. The van der Waals surface area contributed by atoms with Crippen LogP contribution in [0.4, 0.5) is 0 Å². The molecule has 0 amide bonds. The summed E-state index contributed by atoms with van der Waals surface area (Å²) in [4.78, 5) is 11.5. The summed E-state index contributed by atoms with van der Waals surface area (Å²) in [6, 6.07) is 4.39. The van der Waals surface area contributed by atoms with E-state index < -0.39 is 9.05 Å². The van der Waals surface area contributed by atoms with E-state index >= 15 is 0 Å². The summed E-state index contributed by atoms with van der Waals surface area (Å²) in [6.45, 7) is 2.38. The van der Waals surface area contributed by atoms with Gasteiger partial charge in [-0.15, -0.1) is 0 Å². The normalized spacial score (nSPS) is 17.7. The summed E-state index contributed by atoms with van der Waals surface area (Å²) in [6.07, 6.45) is 0.159. The fraction of sp³-hybridized carbons (Fsp3) is 0.417. The highest BCUT2D eigenvalue weighted by Gasteiger charge is 2.28. The van der Waals surface area contributed by atoms with Crippen molar-refractivity contribution in [1.29, 1.82) is 0 Å². The number of halogens is 1. The van der Waals surface area contributed by atoms with Gasteiger partial charge in [-0.25, -0.2) is 8.42 Å². The molecule has 104 valence electrons. The molecule has 0 saturated heterocycles. The molecule has 0 spiro atoms. The number of hydrogen-bond donors (Lipinski definition) is 0. The van der Waals surface area contributed by atoms with Crippen molar-refractivity contribution in [3.05, 3.63) is 23.8 Å². The van der Waals surface area contributed by atoms with Gasteiger partial charge >= 0.3 is 5.97 Å². The van der Waals surface area contributed by atoms with Gasteiger partial charge in [-0.1, -0.05) is 0 Å². The van der Waals surface area contributed by atoms with Gasteiger partial charge in [0, 0.05) is 22.2 Å². The average Bonchev–Trinajstić information content (AvgIpc) is 2.71. The number of hydrogen-bond acceptors (Lipinski definition) is 5. The van der Waals surface area contributed by atoms with E-state index in [4.69, 9.17) is 20.2 Å². The first-order chi connectivity index (χ1) is 8.91. The van der Waals surface area contributed by atoms with Gasteiger partial charge in [0.2, 0.25) is 0 Å². The van der Waals surface area contributed by atoms with Gasteiger partial charge in [0.25, 0.3) is 9.05 Å². The number of carbonyl (C=O) groups is 1. The van der Waals surface area contributed by atoms with Gasteiger partial charge in [0.1, 0.15) is 5.75 Å². The molecule has 1 aliphatic heterocycles. The van der Waals surface area contributed by atoms with E-state index in [9.17, 15) is 13.2 Å². The Morgan fingerprint density at radius 3 is 2.89 bits per heavy atom. The van der Waals surface area contributed by atoms with Crippen LogP contribution < -0.4 is 4.74 Å². The molecule has 0 aromatic heterocycles. The van der Waals surface area contributed by atoms with E-state index in [1.54, 1.807) is 13.0 Å². The van der Waals surface area contributed by atoms with Crippen LogP contribution in [0.15, 0.2) is 23.1 Å².